The lowest BCUT2D eigenvalue weighted by atomic mass is 9.78. The zero-order valence-corrected chi connectivity index (χ0v) is 6.72. The molecule has 0 aliphatic carbocycles. The molecule has 64 valence electrons. The summed E-state index contributed by atoms with van der Waals surface area (Å²) in [5, 5.41) is 17.2. The summed E-state index contributed by atoms with van der Waals surface area (Å²) in [5.74, 6) is -0.897. The first kappa shape index (κ1) is 9.31. The highest BCUT2D eigenvalue weighted by atomic mass is 35.5. The molecule has 4 N–H and O–H groups in total. The van der Waals surface area contributed by atoms with Crippen molar-refractivity contribution in [2.24, 2.45) is 0 Å². The predicted molar refractivity (Wildman–Crippen MR) is 45.6 cm³/mol. The Morgan fingerprint density at radius 3 is 2.42 bits per heavy atom. The van der Waals surface area contributed by atoms with Crippen molar-refractivity contribution in [1.29, 1.82) is 0 Å². The van der Waals surface area contributed by atoms with Gasteiger partial charge in [0.2, 0.25) is 0 Å². The first-order valence-corrected chi connectivity index (χ1v) is 3.51. The van der Waals surface area contributed by atoms with E-state index in [0.29, 0.717) is 0 Å². The third-order valence-electron chi connectivity index (χ3n) is 1.42. The summed E-state index contributed by atoms with van der Waals surface area (Å²) in [4.78, 5) is 0. The lowest BCUT2D eigenvalue weighted by Gasteiger charge is -2.06. The number of nitrogens with two attached hydrogens (primary N) is 1. The van der Waals surface area contributed by atoms with E-state index in [1.54, 1.807) is 0 Å². The SMILES string of the molecule is Nc1ccc(Cl)c(F)c1B(O)O. The topological polar surface area (TPSA) is 66.5 Å². The molecular weight excluding hydrogens is 183 g/mol. The summed E-state index contributed by atoms with van der Waals surface area (Å²) in [6.45, 7) is 0. The van der Waals surface area contributed by atoms with E-state index in [9.17, 15) is 4.39 Å². The number of hydrogen-bond acceptors (Lipinski definition) is 3. The van der Waals surface area contributed by atoms with Crippen LogP contribution in [0.25, 0.3) is 0 Å². The van der Waals surface area contributed by atoms with Gasteiger partial charge >= 0.3 is 7.12 Å². The number of anilines is 1. The van der Waals surface area contributed by atoms with Crippen LogP contribution in [-0.4, -0.2) is 17.2 Å². The normalized spacial score (nSPS) is 10.0. The van der Waals surface area contributed by atoms with Gasteiger partial charge in [0.1, 0.15) is 5.82 Å². The van der Waals surface area contributed by atoms with Crippen LogP contribution in [0, 0.1) is 5.82 Å². The molecule has 0 spiro atoms. The summed E-state index contributed by atoms with van der Waals surface area (Å²) >= 11 is 5.38. The van der Waals surface area contributed by atoms with Crippen molar-refractivity contribution >= 4 is 29.9 Å². The van der Waals surface area contributed by atoms with Gasteiger partial charge < -0.3 is 15.8 Å². The Morgan fingerprint density at radius 2 is 2.00 bits per heavy atom. The maximum Gasteiger partial charge on any atom is 0.493 e. The summed E-state index contributed by atoms with van der Waals surface area (Å²) in [6, 6.07) is 2.55. The second-order valence-electron chi connectivity index (χ2n) is 2.24. The van der Waals surface area contributed by atoms with Crippen LogP contribution < -0.4 is 11.2 Å². The monoisotopic (exact) mass is 189 g/mol. The highest BCUT2D eigenvalue weighted by Crippen LogP contribution is 2.14. The van der Waals surface area contributed by atoms with Gasteiger partial charge in [-0.2, -0.15) is 0 Å². The highest BCUT2D eigenvalue weighted by molar-refractivity contribution is 6.61. The Balaban J connectivity index is 3.33. The molecule has 3 nitrogen and oxygen atoms in total. The number of hydrogen-bond donors (Lipinski definition) is 3. The molecule has 1 aromatic carbocycles. The minimum absolute atomic E-state index is 0.0353. The molecule has 0 radical (unpaired) electrons. The van der Waals surface area contributed by atoms with Crippen molar-refractivity contribution in [3.8, 4) is 0 Å². The molecule has 0 saturated heterocycles. The molecule has 0 amide bonds. The molecule has 0 aromatic heterocycles. The predicted octanol–water partition coefficient (Wildman–Crippen LogP) is -0.259. The fourth-order valence-corrected chi connectivity index (χ4v) is 1.01. The third-order valence-corrected chi connectivity index (χ3v) is 1.72. The van der Waals surface area contributed by atoms with Crippen molar-refractivity contribution in [1.82, 2.24) is 0 Å². The fraction of sp³-hybridized carbons (Fsp3) is 0. The molecule has 0 heterocycles. The van der Waals surface area contributed by atoms with Crippen molar-refractivity contribution in [3.05, 3.63) is 23.0 Å². The van der Waals surface area contributed by atoms with Crippen molar-refractivity contribution in [2.75, 3.05) is 5.73 Å². The minimum Gasteiger partial charge on any atom is -0.423 e. The zero-order valence-electron chi connectivity index (χ0n) is 5.96. The molecule has 0 fully saturated rings. The lowest BCUT2D eigenvalue weighted by Crippen LogP contribution is -2.35. The van der Waals surface area contributed by atoms with Crippen LogP contribution in [0.15, 0.2) is 12.1 Å². The zero-order chi connectivity index (χ0) is 9.30. The molecule has 0 unspecified atom stereocenters. The first-order chi connectivity index (χ1) is 5.54. The van der Waals surface area contributed by atoms with Crippen molar-refractivity contribution in [3.63, 3.8) is 0 Å². The average molecular weight is 189 g/mol. The fourth-order valence-electron chi connectivity index (χ4n) is 0.844. The number of rotatable bonds is 1. The third kappa shape index (κ3) is 1.53. The summed E-state index contributed by atoms with van der Waals surface area (Å²) in [6.07, 6.45) is 0. The molecule has 6 heteroatoms. The van der Waals surface area contributed by atoms with E-state index in [1.807, 2.05) is 0 Å². The van der Waals surface area contributed by atoms with E-state index < -0.39 is 12.9 Å². The highest BCUT2D eigenvalue weighted by Gasteiger charge is 2.21. The van der Waals surface area contributed by atoms with Crippen LogP contribution in [0.3, 0.4) is 0 Å². The van der Waals surface area contributed by atoms with Crippen LogP contribution in [0.4, 0.5) is 10.1 Å². The summed E-state index contributed by atoms with van der Waals surface area (Å²) in [7, 11) is -1.94. The van der Waals surface area contributed by atoms with Crippen LogP contribution in [0.2, 0.25) is 5.02 Å². The lowest BCUT2D eigenvalue weighted by molar-refractivity contribution is 0.423. The maximum absolute atomic E-state index is 13.0. The molecule has 0 bridgehead atoms. The second kappa shape index (κ2) is 3.31. The van der Waals surface area contributed by atoms with E-state index in [-0.39, 0.29) is 16.2 Å². The van der Waals surface area contributed by atoms with E-state index in [0.717, 1.165) is 0 Å². The molecule has 0 atom stereocenters. The molecule has 0 aliphatic heterocycles. The smallest absolute Gasteiger partial charge is 0.423 e. The van der Waals surface area contributed by atoms with Crippen molar-refractivity contribution in [2.45, 2.75) is 0 Å². The van der Waals surface area contributed by atoms with Crippen molar-refractivity contribution < 1.29 is 14.4 Å². The maximum atomic E-state index is 13.0. The van der Waals surface area contributed by atoms with Gasteiger partial charge in [-0.3, -0.25) is 0 Å². The van der Waals surface area contributed by atoms with E-state index in [2.05, 4.69) is 0 Å². The standard InChI is InChI=1S/C6H6BClFNO2/c8-3-1-2-4(10)5(6(3)9)7(11)12/h1-2,11-12H,10H2. The Hall–Kier alpha value is -0.775. The second-order valence-corrected chi connectivity index (χ2v) is 2.65. The van der Waals surface area contributed by atoms with Gasteiger partial charge in [0.05, 0.1) is 5.02 Å². The van der Waals surface area contributed by atoms with Crippen LogP contribution in [-0.2, 0) is 0 Å². The Morgan fingerprint density at radius 1 is 1.42 bits per heavy atom. The Kier molecular flexibility index (Phi) is 2.57. The molecule has 12 heavy (non-hydrogen) atoms. The van der Waals surface area contributed by atoms with Gasteiger partial charge in [0, 0.05) is 11.2 Å². The van der Waals surface area contributed by atoms with E-state index in [1.165, 1.54) is 12.1 Å². The Bertz CT molecular complexity index is 308. The largest absolute Gasteiger partial charge is 0.493 e. The molecule has 0 saturated carbocycles. The molecule has 0 aliphatic rings. The van der Waals surface area contributed by atoms with Crippen LogP contribution in [0.5, 0.6) is 0 Å². The molecular formula is C6H6BClFNO2. The number of halogens is 2. The van der Waals surface area contributed by atoms with Gasteiger partial charge in [0.15, 0.2) is 0 Å². The van der Waals surface area contributed by atoms with Crippen LogP contribution >= 0.6 is 11.6 Å². The molecule has 1 rings (SSSR count). The van der Waals surface area contributed by atoms with Gasteiger partial charge in [-0.25, -0.2) is 4.39 Å². The molecule has 1 aromatic rings. The Labute approximate surface area is 73.7 Å². The first-order valence-electron chi connectivity index (χ1n) is 3.13. The van der Waals surface area contributed by atoms with Gasteiger partial charge in [0.25, 0.3) is 0 Å². The minimum atomic E-state index is -1.94. The quantitative estimate of drug-likeness (QED) is 0.421. The van der Waals surface area contributed by atoms with E-state index >= 15 is 0 Å². The summed E-state index contributed by atoms with van der Waals surface area (Å²) < 4.78 is 13.0. The summed E-state index contributed by atoms with van der Waals surface area (Å²) in [5.41, 5.74) is 4.85. The van der Waals surface area contributed by atoms with Gasteiger partial charge in [-0.05, 0) is 12.1 Å². The number of benzene rings is 1. The van der Waals surface area contributed by atoms with Gasteiger partial charge in [-0.15, -0.1) is 0 Å². The average Bonchev–Trinajstić information content (AvgIpc) is 1.97. The van der Waals surface area contributed by atoms with Gasteiger partial charge in [-0.1, -0.05) is 11.6 Å². The number of nitrogen functional groups attached to an aromatic ring is 1. The van der Waals surface area contributed by atoms with E-state index in [4.69, 9.17) is 27.4 Å². The van der Waals surface area contributed by atoms with Crippen LogP contribution in [0.1, 0.15) is 0 Å².